The van der Waals surface area contributed by atoms with Crippen molar-refractivity contribution in [2.75, 3.05) is 18.0 Å². The van der Waals surface area contributed by atoms with Crippen LogP contribution in [0, 0.1) is 0 Å². The normalized spacial score (nSPS) is 27.0. The van der Waals surface area contributed by atoms with E-state index in [2.05, 4.69) is 44.3 Å². The number of rotatable bonds is 4. The van der Waals surface area contributed by atoms with Crippen molar-refractivity contribution in [2.45, 2.75) is 44.4 Å². The quantitative estimate of drug-likeness (QED) is 0.893. The zero-order valence-corrected chi connectivity index (χ0v) is 12.9. The summed E-state index contributed by atoms with van der Waals surface area (Å²) in [5, 5.41) is 13.7. The monoisotopic (exact) mass is 324 g/mol. The summed E-state index contributed by atoms with van der Waals surface area (Å²) in [4.78, 5) is 2.30. The molecule has 1 aromatic rings. The molecule has 1 saturated carbocycles. The number of hydrogen-bond acceptors (Lipinski definition) is 3. The fourth-order valence-electron chi connectivity index (χ4n) is 2.67. The SMILES string of the molecule is CC1(O)CCN(c2cc(Br)ccc2CNC2CC2)C1. The molecule has 1 unspecified atom stereocenters. The molecule has 2 N–H and O–H groups in total. The van der Waals surface area contributed by atoms with E-state index in [9.17, 15) is 5.11 Å². The first kappa shape index (κ1) is 13.4. The molecule has 1 aliphatic carbocycles. The highest BCUT2D eigenvalue weighted by Crippen LogP contribution is 2.32. The molecule has 19 heavy (non-hydrogen) atoms. The number of halogens is 1. The molecule has 1 aliphatic heterocycles. The van der Waals surface area contributed by atoms with Gasteiger partial charge < -0.3 is 15.3 Å². The smallest absolute Gasteiger partial charge is 0.0810 e. The van der Waals surface area contributed by atoms with Crippen molar-refractivity contribution >= 4 is 21.6 Å². The molecule has 1 heterocycles. The Labute approximate surface area is 123 Å². The Morgan fingerprint density at radius 2 is 2.26 bits per heavy atom. The van der Waals surface area contributed by atoms with Gasteiger partial charge in [-0.15, -0.1) is 0 Å². The van der Waals surface area contributed by atoms with E-state index in [1.165, 1.54) is 24.1 Å². The Balaban J connectivity index is 1.79. The summed E-state index contributed by atoms with van der Waals surface area (Å²) in [7, 11) is 0. The number of β-amino-alcohol motifs (C(OH)–C–C–N with tert-alkyl or cyclic N) is 1. The molecule has 0 amide bonds. The van der Waals surface area contributed by atoms with Crippen LogP contribution in [-0.4, -0.2) is 29.8 Å². The van der Waals surface area contributed by atoms with E-state index in [1.54, 1.807) is 0 Å². The third kappa shape index (κ3) is 3.30. The highest BCUT2D eigenvalue weighted by Gasteiger charge is 2.32. The maximum absolute atomic E-state index is 10.1. The number of nitrogens with one attached hydrogen (secondary N) is 1. The third-order valence-corrected chi connectivity index (χ3v) is 4.49. The number of benzene rings is 1. The topological polar surface area (TPSA) is 35.5 Å². The zero-order valence-electron chi connectivity index (χ0n) is 11.3. The second kappa shape index (κ2) is 5.08. The van der Waals surface area contributed by atoms with Gasteiger partial charge in [-0.2, -0.15) is 0 Å². The molecule has 3 rings (SSSR count). The van der Waals surface area contributed by atoms with Gasteiger partial charge in [-0.05, 0) is 43.9 Å². The van der Waals surface area contributed by atoms with Crippen LogP contribution in [0.3, 0.4) is 0 Å². The van der Waals surface area contributed by atoms with Gasteiger partial charge in [-0.25, -0.2) is 0 Å². The average molecular weight is 325 g/mol. The van der Waals surface area contributed by atoms with Gasteiger partial charge in [0.2, 0.25) is 0 Å². The zero-order chi connectivity index (χ0) is 13.5. The molecule has 2 aliphatic rings. The second-order valence-electron chi connectivity index (χ2n) is 6.10. The van der Waals surface area contributed by atoms with Gasteiger partial charge in [0.15, 0.2) is 0 Å². The summed E-state index contributed by atoms with van der Waals surface area (Å²) < 4.78 is 1.10. The molecular formula is C15H21BrN2O. The van der Waals surface area contributed by atoms with Gasteiger partial charge in [0.05, 0.1) is 5.60 Å². The summed E-state index contributed by atoms with van der Waals surface area (Å²) in [6, 6.07) is 7.17. The molecule has 1 saturated heterocycles. The van der Waals surface area contributed by atoms with Crippen LogP contribution >= 0.6 is 15.9 Å². The van der Waals surface area contributed by atoms with E-state index in [0.29, 0.717) is 0 Å². The Morgan fingerprint density at radius 3 is 2.89 bits per heavy atom. The molecule has 0 bridgehead atoms. The van der Waals surface area contributed by atoms with Crippen molar-refractivity contribution in [1.29, 1.82) is 0 Å². The van der Waals surface area contributed by atoms with Crippen molar-refractivity contribution in [3.05, 3.63) is 28.2 Å². The van der Waals surface area contributed by atoms with Crippen LogP contribution in [0.4, 0.5) is 5.69 Å². The summed E-state index contributed by atoms with van der Waals surface area (Å²) >= 11 is 3.55. The first-order valence-corrected chi connectivity index (χ1v) is 7.82. The van der Waals surface area contributed by atoms with Crippen molar-refractivity contribution in [3.63, 3.8) is 0 Å². The van der Waals surface area contributed by atoms with Gasteiger partial charge in [0.1, 0.15) is 0 Å². The Hall–Kier alpha value is -0.580. The van der Waals surface area contributed by atoms with Crippen LogP contribution in [0.25, 0.3) is 0 Å². The molecule has 4 heteroatoms. The van der Waals surface area contributed by atoms with Crippen molar-refractivity contribution in [1.82, 2.24) is 5.32 Å². The second-order valence-corrected chi connectivity index (χ2v) is 7.01. The van der Waals surface area contributed by atoms with Crippen molar-refractivity contribution < 1.29 is 5.11 Å². The lowest BCUT2D eigenvalue weighted by molar-refractivity contribution is 0.0839. The van der Waals surface area contributed by atoms with Gasteiger partial charge in [0, 0.05) is 35.8 Å². The van der Waals surface area contributed by atoms with Gasteiger partial charge in [-0.1, -0.05) is 22.0 Å². The summed E-state index contributed by atoms with van der Waals surface area (Å²) in [5.74, 6) is 0. The number of aliphatic hydroxyl groups is 1. The van der Waals surface area contributed by atoms with Gasteiger partial charge in [-0.3, -0.25) is 0 Å². The lowest BCUT2D eigenvalue weighted by Crippen LogP contribution is -2.30. The van der Waals surface area contributed by atoms with Crippen LogP contribution < -0.4 is 10.2 Å². The van der Waals surface area contributed by atoms with Crippen molar-refractivity contribution in [2.24, 2.45) is 0 Å². The van der Waals surface area contributed by atoms with E-state index < -0.39 is 5.60 Å². The number of hydrogen-bond donors (Lipinski definition) is 2. The lowest BCUT2D eigenvalue weighted by atomic mass is 10.1. The molecule has 104 valence electrons. The standard InChI is InChI=1S/C15H21BrN2O/c1-15(19)6-7-18(10-15)14-8-12(16)3-2-11(14)9-17-13-4-5-13/h2-3,8,13,17,19H,4-7,9-10H2,1H3. The molecular weight excluding hydrogens is 304 g/mol. The number of nitrogens with zero attached hydrogens (tertiary/aromatic N) is 1. The lowest BCUT2D eigenvalue weighted by Gasteiger charge is -2.24. The van der Waals surface area contributed by atoms with Crippen LogP contribution in [0.2, 0.25) is 0 Å². The molecule has 0 aromatic heterocycles. The molecule has 1 atom stereocenters. The third-order valence-electron chi connectivity index (χ3n) is 4.00. The fourth-order valence-corrected chi connectivity index (χ4v) is 3.02. The average Bonchev–Trinajstić information content (AvgIpc) is 3.11. The predicted octanol–water partition coefficient (Wildman–Crippen LogP) is 2.66. The van der Waals surface area contributed by atoms with Crippen LogP contribution in [0.15, 0.2) is 22.7 Å². The largest absolute Gasteiger partial charge is 0.388 e. The summed E-state index contributed by atoms with van der Waals surface area (Å²) in [6.45, 7) is 4.50. The summed E-state index contributed by atoms with van der Waals surface area (Å²) in [5.41, 5.74) is 2.02. The molecule has 2 fully saturated rings. The van der Waals surface area contributed by atoms with E-state index in [1.807, 2.05) is 6.92 Å². The first-order valence-electron chi connectivity index (χ1n) is 7.03. The van der Waals surface area contributed by atoms with Crippen LogP contribution in [-0.2, 0) is 6.54 Å². The maximum atomic E-state index is 10.1. The van der Waals surface area contributed by atoms with E-state index >= 15 is 0 Å². The van der Waals surface area contributed by atoms with Gasteiger partial charge in [0.25, 0.3) is 0 Å². The molecule has 0 spiro atoms. The molecule has 1 aromatic carbocycles. The van der Waals surface area contributed by atoms with Crippen molar-refractivity contribution in [3.8, 4) is 0 Å². The van der Waals surface area contributed by atoms with Crippen LogP contribution in [0.1, 0.15) is 31.7 Å². The van der Waals surface area contributed by atoms with E-state index in [-0.39, 0.29) is 0 Å². The predicted molar refractivity (Wildman–Crippen MR) is 81.5 cm³/mol. The fraction of sp³-hybridized carbons (Fsp3) is 0.600. The van der Waals surface area contributed by atoms with Gasteiger partial charge >= 0.3 is 0 Å². The first-order chi connectivity index (χ1) is 9.03. The summed E-state index contributed by atoms with van der Waals surface area (Å²) in [6.07, 6.45) is 3.46. The Kier molecular flexibility index (Phi) is 3.58. The van der Waals surface area contributed by atoms with E-state index in [0.717, 1.165) is 36.6 Å². The minimum absolute atomic E-state index is 0.552. The minimum atomic E-state index is -0.552. The number of anilines is 1. The molecule has 0 radical (unpaired) electrons. The highest BCUT2D eigenvalue weighted by atomic mass is 79.9. The Bertz CT molecular complexity index is 471. The van der Waals surface area contributed by atoms with Crippen LogP contribution in [0.5, 0.6) is 0 Å². The maximum Gasteiger partial charge on any atom is 0.0810 e. The molecule has 3 nitrogen and oxygen atoms in total. The Morgan fingerprint density at radius 1 is 1.47 bits per heavy atom. The van der Waals surface area contributed by atoms with E-state index in [4.69, 9.17) is 0 Å². The highest BCUT2D eigenvalue weighted by molar-refractivity contribution is 9.10. The minimum Gasteiger partial charge on any atom is -0.388 e.